The van der Waals surface area contributed by atoms with Gasteiger partial charge in [0.25, 0.3) is 5.91 Å². The lowest BCUT2D eigenvalue weighted by atomic mass is 10.2. The van der Waals surface area contributed by atoms with Gasteiger partial charge in [-0.05, 0) is 61.0 Å². The minimum Gasteiger partial charge on any atom is -0.497 e. The van der Waals surface area contributed by atoms with Crippen LogP contribution in [-0.2, 0) is 4.79 Å². The van der Waals surface area contributed by atoms with Crippen LogP contribution < -0.4 is 19.6 Å². The highest BCUT2D eigenvalue weighted by Gasteiger charge is 2.01. The average molecular weight is 328 g/mol. The van der Waals surface area contributed by atoms with Crippen LogP contribution in [0.3, 0.4) is 0 Å². The third-order valence-electron chi connectivity index (χ3n) is 3.02. The molecule has 0 fully saturated rings. The molecule has 0 unspecified atom stereocenters. The van der Waals surface area contributed by atoms with Crippen LogP contribution in [0.25, 0.3) is 0 Å². The van der Waals surface area contributed by atoms with Gasteiger partial charge in [0.2, 0.25) is 0 Å². The summed E-state index contributed by atoms with van der Waals surface area (Å²) in [6.45, 7) is 2.43. The molecule has 0 saturated carbocycles. The van der Waals surface area contributed by atoms with Gasteiger partial charge in [-0.3, -0.25) is 4.79 Å². The number of hydrogen-bond donors (Lipinski definition) is 1. The quantitative estimate of drug-likeness (QED) is 0.597. The summed E-state index contributed by atoms with van der Waals surface area (Å²) in [5.74, 6) is 1.77. The van der Waals surface area contributed by atoms with Gasteiger partial charge in [0.15, 0.2) is 6.61 Å². The van der Waals surface area contributed by atoms with E-state index in [-0.39, 0.29) is 12.5 Å². The maximum Gasteiger partial charge on any atom is 0.277 e. The molecule has 0 atom stereocenters. The minimum atomic E-state index is -0.340. The second-order valence-electron chi connectivity index (χ2n) is 4.76. The van der Waals surface area contributed by atoms with Gasteiger partial charge in [-0.2, -0.15) is 5.10 Å². The van der Waals surface area contributed by atoms with Gasteiger partial charge < -0.3 is 14.2 Å². The molecular weight excluding hydrogens is 308 g/mol. The lowest BCUT2D eigenvalue weighted by Crippen LogP contribution is -2.24. The molecule has 24 heavy (non-hydrogen) atoms. The van der Waals surface area contributed by atoms with E-state index in [1.54, 1.807) is 37.6 Å². The number of rotatable bonds is 8. The Morgan fingerprint density at radius 3 is 2.21 bits per heavy atom. The Kier molecular flexibility index (Phi) is 6.64. The van der Waals surface area contributed by atoms with E-state index in [0.29, 0.717) is 12.4 Å². The van der Waals surface area contributed by atoms with Crippen LogP contribution in [0.15, 0.2) is 53.6 Å². The molecule has 0 aliphatic heterocycles. The van der Waals surface area contributed by atoms with Crippen molar-refractivity contribution < 1.29 is 19.0 Å². The summed E-state index contributed by atoms with van der Waals surface area (Å²) in [5.41, 5.74) is 3.27. The summed E-state index contributed by atoms with van der Waals surface area (Å²) in [5, 5.41) is 3.89. The average Bonchev–Trinajstić information content (AvgIpc) is 2.62. The first kappa shape index (κ1) is 17.3. The third kappa shape index (κ3) is 5.64. The SMILES string of the molecule is CCOc1ccc(/C=N/NC(=O)COc2ccc(OC)cc2)cc1. The molecule has 6 heteroatoms. The summed E-state index contributed by atoms with van der Waals surface area (Å²) in [6.07, 6.45) is 1.56. The van der Waals surface area contributed by atoms with E-state index in [1.165, 1.54) is 0 Å². The lowest BCUT2D eigenvalue weighted by molar-refractivity contribution is -0.123. The molecule has 0 aliphatic carbocycles. The number of benzene rings is 2. The first-order valence-electron chi connectivity index (χ1n) is 7.53. The largest absolute Gasteiger partial charge is 0.497 e. The summed E-state index contributed by atoms with van der Waals surface area (Å²) in [7, 11) is 1.59. The van der Waals surface area contributed by atoms with Crippen LogP contribution in [0.4, 0.5) is 0 Å². The zero-order valence-corrected chi connectivity index (χ0v) is 13.7. The highest BCUT2D eigenvalue weighted by molar-refractivity contribution is 5.83. The fourth-order valence-electron chi connectivity index (χ4n) is 1.85. The Morgan fingerprint density at radius 1 is 1.00 bits per heavy atom. The molecule has 1 amide bonds. The second kappa shape index (κ2) is 9.19. The van der Waals surface area contributed by atoms with E-state index in [4.69, 9.17) is 14.2 Å². The van der Waals surface area contributed by atoms with Gasteiger partial charge in [0.05, 0.1) is 19.9 Å². The number of methoxy groups -OCH3 is 1. The molecule has 2 aromatic rings. The fourth-order valence-corrected chi connectivity index (χ4v) is 1.85. The zero-order chi connectivity index (χ0) is 17.2. The highest BCUT2D eigenvalue weighted by atomic mass is 16.5. The van der Waals surface area contributed by atoms with Crippen molar-refractivity contribution in [3.05, 3.63) is 54.1 Å². The molecule has 0 aliphatic rings. The first-order chi connectivity index (χ1) is 11.7. The van der Waals surface area contributed by atoms with Crippen molar-refractivity contribution in [1.29, 1.82) is 0 Å². The second-order valence-corrected chi connectivity index (χ2v) is 4.76. The molecular formula is C18H20N2O4. The number of amides is 1. The topological polar surface area (TPSA) is 69.2 Å². The van der Waals surface area contributed by atoms with E-state index >= 15 is 0 Å². The summed E-state index contributed by atoms with van der Waals surface area (Å²) in [4.78, 5) is 11.7. The van der Waals surface area contributed by atoms with Crippen LogP contribution >= 0.6 is 0 Å². The van der Waals surface area contributed by atoms with E-state index in [2.05, 4.69) is 10.5 Å². The van der Waals surface area contributed by atoms with Gasteiger partial charge >= 0.3 is 0 Å². The van der Waals surface area contributed by atoms with Crippen molar-refractivity contribution in [2.45, 2.75) is 6.92 Å². The molecule has 0 saturated heterocycles. The molecule has 0 spiro atoms. The predicted octanol–water partition coefficient (Wildman–Crippen LogP) is 2.62. The molecule has 0 radical (unpaired) electrons. The summed E-state index contributed by atoms with van der Waals surface area (Å²) < 4.78 is 15.8. The number of ether oxygens (including phenoxy) is 3. The first-order valence-corrected chi connectivity index (χ1v) is 7.53. The van der Waals surface area contributed by atoms with Crippen molar-refractivity contribution >= 4 is 12.1 Å². The standard InChI is InChI=1S/C18H20N2O4/c1-3-23-16-6-4-14(5-7-16)12-19-20-18(21)13-24-17-10-8-15(22-2)9-11-17/h4-12H,3,13H2,1-2H3,(H,20,21)/b19-12+. The normalized spacial score (nSPS) is 10.4. The van der Waals surface area contributed by atoms with E-state index in [0.717, 1.165) is 17.1 Å². The number of carbonyl (C=O) groups is 1. The number of hydrazone groups is 1. The molecule has 0 aromatic heterocycles. The zero-order valence-electron chi connectivity index (χ0n) is 13.7. The molecule has 0 bridgehead atoms. The van der Waals surface area contributed by atoms with Crippen molar-refractivity contribution in [2.24, 2.45) is 5.10 Å². The van der Waals surface area contributed by atoms with Crippen LogP contribution in [-0.4, -0.2) is 32.4 Å². The monoisotopic (exact) mass is 328 g/mol. The molecule has 126 valence electrons. The highest BCUT2D eigenvalue weighted by Crippen LogP contribution is 2.16. The van der Waals surface area contributed by atoms with Crippen molar-refractivity contribution in [2.75, 3.05) is 20.3 Å². The number of nitrogens with one attached hydrogen (secondary N) is 1. The van der Waals surface area contributed by atoms with Crippen molar-refractivity contribution in [1.82, 2.24) is 5.43 Å². The Balaban J connectivity index is 1.75. The molecule has 0 heterocycles. The number of nitrogens with zero attached hydrogens (tertiary/aromatic N) is 1. The van der Waals surface area contributed by atoms with E-state index in [9.17, 15) is 4.79 Å². The van der Waals surface area contributed by atoms with Crippen LogP contribution in [0.1, 0.15) is 12.5 Å². The maximum absolute atomic E-state index is 11.7. The van der Waals surface area contributed by atoms with Gasteiger partial charge in [-0.1, -0.05) is 0 Å². The maximum atomic E-state index is 11.7. The van der Waals surface area contributed by atoms with Crippen LogP contribution in [0.5, 0.6) is 17.2 Å². The van der Waals surface area contributed by atoms with Crippen molar-refractivity contribution in [3.8, 4) is 17.2 Å². The lowest BCUT2D eigenvalue weighted by Gasteiger charge is -2.06. The number of carbonyl (C=O) groups excluding carboxylic acids is 1. The van der Waals surface area contributed by atoms with Crippen molar-refractivity contribution in [3.63, 3.8) is 0 Å². The van der Waals surface area contributed by atoms with Crippen LogP contribution in [0.2, 0.25) is 0 Å². The van der Waals surface area contributed by atoms with Gasteiger partial charge in [-0.25, -0.2) is 5.43 Å². The molecule has 2 aromatic carbocycles. The molecule has 1 N–H and O–H groups in total. The van der Waals surface area contributed by atoms with Crippen LogP contribution in [0, 0.1) is 0 Å². The number of hydrogen-bond acceptors (Lipinski definition) is 5. The Hall–Kier alpha value is -3.02. The Bertz CT molecular complexity index is 666. The van der Waals surface area contributed by atoms with E-state index < -0.39 is 0 Å². The summed E-state index contributed by atoms with van der Waals surface area (Å²) in [6, 6.07) is 14.4. The van der Waals surface area contributed by atoms with Gasteiger partial charge in [0, 0.05) is 0 Å². The van der Waals surface area contributed by atoms with E-state index in [1.807, 2.05) is 31.2 Å². The fraction of sp³-hybridized carbons (Fsp3) is 0.222. The minimum absolute atomic E-state index is 0.118. The smallest absolute Gasteiger partial charge is 0.277 e. The Labute approximate surface area is 141 Å². The van der Waals surface area contributed by atoms with Gasteiger partial charge in [-0.15, -0.1) is 0 Å². The predicted molar refractivity (Wildman–Crippen MR) is 91.8 cm³/mol. The molecule has 2 rings (SSSR count). The van der Waals surface area contributed by atoms with Gasteiger partial charge in [0.1, 0.15) is 17.2 Å². The molecule has 6 nitrogen and oxygen atoms in total. The Morgan fingerprint density at radius 2 is 1.58 bits per heavy atom. The third-order valence-corrected chi connectivity index (χ3v) is 3.02. The summed E-state index contributed by atoms with van der Waals surface area (Å²) >= 11 is 0.